The van der Waals surface area contributed by atoms with Crippen LogP contribution in [0.5, 0.6) is 0 Å². The Morgan fingerprint density at radius 1 is 1.04 bits per heavy atom. The Morgan fingerprint density at radius 3 is 2.46 bits per heavy atom. The Bertz CT molecular complexity index is 617. The van der Waals surface area contributed by atoms with Crippen LogP contribution in [0.4, 0.5) is 0 Å². The van der Waals surface area contributed by atoms with E-state index in [1.165, 1.54) is 44.1 Å². The third kappa shape index (κ3) is 5.84. The normalized spacial score (nSPS) is 10.9. The van der Waals surface area contributed by atoms with Crippen molar-refractivity contribution in [2.45, 2.75) is 64.7 Å². The quantitative estimate of drug-likeness (QED) is 0.571. The SMILES string of the molecule is CCCCCCCCc1ccc(-c2[nH]ncc2CCC(=O)O)cc1. The van der Waals surface area contributed by atoms with E-state index in [1.807, 2.05) is 0 Å². The van der Waals surface area contributed by atoms with Gasteiger partial charge in [0, 0.05) is 6.42 Å². The molecule has 0 spiro atoms. The maximum Gasteiger partial charge on any atom is 0.303 e. The Hall–Kier alpha value is -2.10. The first-order valence-corrected chi connectivity index (χ1v) is 9.04. The highest BCUT2D eigenvalue weighted by molar-refractivity contribution is 5.68. The molecule has 1 aromatic carbocycles. The van der Waals surface area contributed by atoms with Crippen molar-refractivity contribution >= 4 is 5.97 Å². The first kappa shape index (κ1) is 18.2. The van der Waals surface area contributed by atoms with Gasteiger partial charge in [-0.15, -0.1) is 0 Å². The predicted molar refractivity (Wildman–Crippen MR) is 97.1 cm³/mol. The van der Waals surface area contributed by atoms with Crippen LogP contribution in [0.3, 0.4) is 0 Å². The zero-order valence-electron chi connectivity index (χ0n) is 14.6. The fraction of sp³-hybridized carbons (Fsp3) is 0.500. The standard InChI is InChI=1S/C20H28N2O2/c1-2-3-4-5-6-7-8-16-9-11-17(12-10-16)20-18(15-21-22-20)13-14-19(23)24/h9-12,15H,2-8,13-14H2,1H3,(H,21,22)(H,23,24). The molecule has 0 saturated heterocycles. The van der Waals surface area contributed by atoms with Crippen molar-refractivity contribution in [3.05, 3.63) is 41.6 Å². The lowest BCUT2D eigenvalue weighted by Gasteiger charge is -2.05. The third-order valence-corrected chi connectivity index (χ3v) is 4.39. The highest BCUT2D eigenvalue weighted by Crippen LogP contribution is 2.23. The van der Waals surface area contributed by atoms with Crippen LogP contribution in [0.1, 0.15) is 63.0 Å². The second-order valence-corrected chi connectivity index (χ2v) is 6.38. The van der Waals surface area contributed by atoms with Crippen molar-refractivity contribution in [2.24, 2.45) is 0 Å². The molecule has 2 N–H and O–H groups in total. The van der Waals surface area contributed by atoms with E-state index in [0.717, 1.165) is 23.2 Å². The van der Waals surface area contributed by atoms with Crippen LogP contribution in [-0.4, -0.2) is 21.3 Å². The molecule has 0 aliphatic rings. The molecule has 0 aliphatic carbocycles. The molecule has 1 heterocycles. The Kier molecular flexibility index (Phi) is 7.53. The highest BCUT2D eigenvalue weighted by Gasteiger charge is 2.09. The molecule has 4 heteroatoms. The number of carbonyl (C=O) groups is 1. The van der Waals surface area contributed by atoms with Gasteiger partial charge in [-0.05, 0) is 36.0 Å². The minimum atomic E-state index is -0.781. The Labute approximate surface area is 144 Å². The molecule has 0 saturated carbocycles. The number of aryl methyl sites for hydroxylation is 2. The number of nitrogens with zero attached hydrogens (tertiary/aromatic N) is 1. The second-order valence-electron chi connectivity index (χ2n) is 6.38. The fourth-order valence-corrected chi connectivity index (χ4v) is 2.94. The van der Waals surface area contributed by atoms with E-state index in [2.05, 4.69) is 41.4 Å². The second kappa shape index (κ2) is 9.91. The van der Waals surface area contributed by atoms with Crippen molar-refractivity contribution < 1.29 is 9.90 Å². The number of carboxylic acids is 1. The highest BCUT2D eigenvalue weighted by atomic mass is 16.4. The smallest absolute Gasteiger partial charge is 0.303 e. The summed E-state index contributed by atoms with van der Waals surface area (Å²) in [4.78, 5) is 10.7. The summed E-state index contributed by atoms with van der Waals surface area (Å²) in [7, 11) is 0. The lowest BCUT2D eigenvalue weighted by Crippen LogP contribution is -1.97. The number of hydrogen-bond acceptors (Lipinski definition) is 2. The summed E-state index contributed by atoms with van der Waals surface area (Å²) in [5.74, 6) is -0.781. The molecule has 0 aliphatic heterocycles. The summed E-state index contributed by atoms with van der Waals surface area (Å²) in [6.45, 7) is 2.24. The number of carboxylic acid groups (broad SMARTS) is 1. The van der Waals surface area contributed by atoms with Gasteiger partial charge in [0.25, 0.3) is 0 Å². The van der Waals surface area contributed by atoms with Crippen molar-refractivity contribution in [1.82, 2.24) is 10.2 Å². The first-order valence-electron chi connectivity index (χ1n) is 9.04. The van der Waals surface area contributed by atoms with E-state index >= 15 is 0 Å². The predicted octanol–water partition coefficient (Wildman–Crippen LogP) is 5.00. The minimum Gasteiger partial charge on any atom is -0.481 e. The van der Waals surface area contributed by atoms with Crippen molar-refractivity contribution in [3.8, 4) is 11.3 Å². The maximum atomic E-state index is 10.7. The number of hydrogen-bond donors (Lipinski definition) is 2. The van der Waals surface area contributed by atoms with Gasteiger partial charge in [-0.3, -0.25) is 9.89 Å². The van der Waals surface area contributed by atoms with Crippen LogP contribution < -0.4 is 0 Å². The van der Waals surface area contributed by atoms with E-state index in [-0.39, 0.29) is 6.42 Å². The number of aromatic amines is 1. The molecule has 1 aromatic heterocycles. The number of rotatable bonds is 11. The van der Waals surface area contributed by atoms with Gasteiger partial charge in [0.1, 0.15) is 0 Å². The number of aliphatic carboxylic acids is 1. The van der Waals surface area contributed by atoms with E-state index in [0.29, 0.717) is 6.42 Å². The summed E-state index contributed by atoms with van der Waals surface area (Å²) in [6, 6.07) is 8.54. The van der Waals surface area contributed by atoms with Crippen molar-refractivity contribution in [1.29, 1.82) is 0 Å². The summed E-state index contributed by atoms with van der Waals surface area (Å²) < 4.78 is 0. The topological polar surface area (TPSA) is 66.0 Å². The van der Waals surface area contributed by atoms with Crippen LogP contribution in [0, 0.1) is 0 Å². The van der Waals surface area contributed by atoms with E-state index in [9.17, 15) is 4.79 Å². The molecular formula is C20H28N2O2. The number of nitrogens with one attached hydrogen (secondary N) is 1. The van der Waals surface area contributed by atoms with Crippen molar-refractivity contribution in [3.63, 3.8) is 0 Å². The van der Waals surface area contributed by atoms with Crippen LogP contribution >= 0.6 is 0 Å². The third-order valence-electron chi connectivity index (χ3n) is 4.39. The van der Waals surface area contributed by atoms with Crippen LogP contribution in [0.2, 0.25) is 0 Å². The average molecular weight is 328 g/mol. The minimum absolute atomic E-state index is 0.128. The number of benzene rings is 1. The molecule has 0 radical (unpaired) electrons. The van der Waals surface area contributed by atoms with Gasteiger partial charge in [0.05, 0.1) is 11.9 Å². The van der Waals surface area contributed by atoms with Gasteiger partial charge in [-0.25, -0.2) is 0 Å². The summed E-state index contributed by atoms with van der Waals surface area (Å²) in [6.07, 6.45) is 11.4. The van der Waals surface area contributed by atoms with Gasteiger partial charge in [-0.1, -0.05) is 63.3 Å². The van der Waals surface area contributed by atoms with Gasteiger partial charge in [-0.2, -0.15) is 5.10 Å². The van der Waals surface area contributed by atoms with E-state index in [1.54, 1.807) is 6.20 Å². The van der Waals surface area contributed by atoms with Gasteiger partial charge < -0.3 is 5.11 Å². The van der Waals surface area contributed by atoms with Gasteiger partial charge in [0.15, 0.2) is 0 Å². The van der Waals surface area contributed by atoms with Gasteiger partial charge >= 0.3 is 5.97 Å². The van der Waals surface area contributed by atoms with Crippen LogP contribution in [0.25, 0.3) is 11.3 Å². The molecule has 0 unspecified atom stereocenters. The molecule has 130 valence electrons. The lowest BCUT2D eigenvalue weighted by atomic mass is 10.0. The van der Waals surface area contributed by atoms with Crippen molar-refractivity contribution in [2.75, 3.05) is 0 Å². The molecule has 2 aromatic rings. The molecule has 2 rings (SSSR count). The zero-order valence-corrected chi connectivity index (χ0v) is 14.6. The average Bonchev–Trinajstić information content (AvgIpc) is 3.05. The summed E-state index contributed by atoms with van der Waals surface area (Å²) in [5.41, 5.74) is 4.32. The number of H-pyrrole nitrogens is 1. The zero-order chi connectivity index (χ0) is 17.2. The molecule has 0 bridgehead atoms. The molecule has 4 nitrogen and oxygen atoms in total. The molecule has 24 heavy (non-hydrogen) atoms. The molecular weight excluding hydrogens is 300 g/mol. The molecule has 0 amide bonds. The van der Waals surface area contributed by atoms with Gasteiger partial charge in [0.2, 0.25) is 0 Å². The van der Waals surface area contributed by atoms with E-state index < -0.39 is 5.97 Å². The number of aromatic nitrogens is 2. The molecule has 0 fully saturated rings. The van der Waals surface area contributed by atoms with Crippen LogP contribution in [-0.2, 0) is 17.6 Å². The lowest BCUT2D eigenvalue weighted by molar-refractivity contribution is -0.136. The monoisotopic (exact) mass is 328 g/mol. The Balaban J connectivity index is 1.86. The largest absolute Gasteiger partial charge is 0.481 e. The Morgan fingerprint density at radius 2 is 1.75 bits per heavy atom. The summed E-state index contributed by atoms with van der Waals surface area (Å²) in [5, 5.41) is 15.9. The van der Waals surface area contributed by atoms with E-state index in [4.69, 9.17) is 5.11 Å². The molecule has 0 atom stereocenters. The van der Waals surface area contributed by atoms with Crippen LogP contribution in [0.15, 0.2) is 30.5 Å². The summed E-state index contributed by atoms with van der Waals surface area (Å²) >= 11 is 0. The number of unbranched alkanes of at least 4 members (excludes halogenated alkanes) is 5. The fourth-order valence-electron chi connectivity index (χ4n) is 2.94. The first-order chi connectivity index (χ1) is 11.7. The maximum absolute atomic E-state index is 10.7.